The first kappa shape index (κ1) is 14.8. The van der Waals surface area contributed by atoms with Crippen LogP contribution in [-0.4, -0.2) is 25.1 Å². The molecule has 4 nitrogen and oxygen atoms in total. The highest BCUT2D eigenvalue weighted by Gasteiger charge is 2.21. The zero-order chi connectivity index (χ0) is 14.5. The van der Waals surface area contributed by atoms with Crippen LogP contribution in [0.15, 0.2) is 18.2 Å². The molecule has 0 bridgehead atoms. The Bertz CT molecular complexity index is 471. The molecule has 1 aromatic rings. The molecule has 1 atom stereocenters. The minimum atomic E-state index is -0.472. The third-order valence-corrected chi connectivity index (χ3v) is 3.24. The highest BCUT2D eigenvalue weighted by molar-refractivity contribution is 5.92. The van der Waals surface area contributed by atoms with Gasteiger partial charge in [0.25, 0.3) is 0 Å². The summed E-state index contributed by atoms with van der Waals surface area (Å²) in [7, 11) is 0. The predicted molar refractivity (Wildman–Crippen MR) is 76.4 cm³/mol. The van der Waals surface area contributed by atoms with Crippen molar-refractivity contribution in [1.82, 2.24) is 5.32 Å². The normalized spacial score (nSPS) is 18.9. The highest BCUT2D eigenvalue weighted by atomic mass is 19.1. The molecule has 1 aliphatic heterocycles. The summed E-state index contributed by atoms with van der Waals surface area (Å²) in [6.07, 6.45) is 1.81. The SMILES string of the molecule is CC(C)Oc1ccc(NC(=O)C2CCCNC2)c(F)c1. The van der Waals surface area contributed by atoms with Gasteiger partial charge in [0.15, 0.2) is 0 Å². The van der Waals surface area contributed by atoms with Crippen LogP contribution >= 0.6 is 0 Å². The molecule has 1 aromatic carbocycles. The minimum Gasteiger partial charge on any atom is -0.491 e. The van der Waals surface area contributed by atoms with Crippen LogP contribution < -0.4 is 15.4 Å². The van der Waals surface area contributed by atoms with Gasteiger partial charge in [-0.2, -0.15) is 0 Å². The first-order valence-corrected chi connectivity index (χ1v) is 7.04. The van der Waals surface area contributed by atoms with Crippen LogP contribution in [0.5, 0.6) is 5.75 Å². The van der Waals surface area contributed by atoms with Crippen molar-refractivity contribution < 1.29 is 13.9 Å². The summed E-state index contributed by atoms with van der Waals surface area (Å²) in [5, 5.41) is 5.82. The van der Waals surface area contributed by atoms with Crippen LogP contribution in [-0.2, 0) is 4.79 Å². The van der Waals surface area contributed by atoms with Gasteiger partial charge in [-0.3, -0.25) is 4.79 Å². The van der Waals surface area contributed by atoms with E-state index in [0.29, 0.717) is 12.3 Å². The molecule has 0 aromatic heterocycles. The number of carbonyl (C=O) groups is 1. The number of nitrogens with one attached hydrogen (secondary N) is 2. The van der Waals surface area contributed by atoms with E-state index in [0.717, 1.165) is 19.4 Å². The van der Waals surface area contributed by atoms with Gasteiger partial charge in [-0.15, -0.1) is 0 Å². The second-order valence-electron chi connectivity index (χ2n) is 5.34. The van der Waals surface area contributed by atoms with E-state index < -0.39 is 5.82 Å². The fourth-order valence-electron chi connectivity index (χ4n) is 2.25. The maximum absolute atomic E-state index is 13.9. The van der Waals surface area contributed by atoms with Crippen molar-refractivity contribution in [1.29, 1.82) is 0 Å². The van der Waals surface area contributed by atoms with Crippen molar-refractivity contribution in [3.63, 3.8) is 0 Å². The molecule has 2 rings (SSSR count). The molecule has 1 unspecified atom stereocenters. The van der Waals surface area contributed by atoms with Gasteiger partial charge in [0.05, 0.1) is 17.7 Å². The van der Waals surface area contributed by atoms with Crippen molar-refractivity contribution in [2.45, 2.75) is 32.8 Å². The lowest BCUT2D eigenvalue weighted by molar-refractivity contribution is -0.120. The number of amides is 1. The summed E-state index contributed by atoms with van der Waals surface area (Å²) < 4.78 is 19.3. The third kappa shape index (κ3) is 3.93. The Morgan fingerprint density at radius 3 is 2.90 bits per heavy atom. The van der Waals surface area contributed by atoms with E-state index in [-0.39, 0.29) is 23.6 Å². The quantitative estimate of drug-likeness (QED) is 0.891. The van der Waals surface area contributed by atoms with Crippen molar-refractivity contribution >= 4 is 11.6 Å². The maximum Gasteiger partial charge on any atom is 0.228 e. The molecule has 0 aliphatic carbocycles. The lowest BCUT2D eigenvalue weighted by Crippen LogP contribution is -2.37. The summed E-state index contributed by atoms with van der Waals surface area (Å²) >= 11 is 0. The lowest BCUT2D eigenvalue weighted by atomic mass is 9.99. The molecule has 2 N–H and O–H groups in total. The number of hydrogen-bond acceptors (Lipinski definition) is 3. The average Bonchev–Trinajstić information content (AvgIpc) is 2.42. The Balaban J connectivity index is 2.00. The lowest BCUT2D eigenvalue weighted by Gasteiger charge is -2.22. The van der Waals surface area contributed by atoms with Crippen LogP contribution in [0.25, 0.3) is 0 Å². The molecule has 1 heterocycles. The number of anilines is 1. The van der Waals surface area contributed by atoms with E-state index in [1.54, 1.807) is 12.1 Å². The number of ether oxygens (including phenoxy) is 1. The number of hydrogen-bond donors (Lipinski definition) is 2. The molecule has 20 heavy (non-hydrogen) atoms. The van der Waals surface area contributed by atoms with Gasteiger partial charge in [-0.1, -0.05) is 0 Å². The first-order chi connectivity index (χ1) is 9.56. The van der Waals surface area contributed by atoms with Crippen LogP contribution in [0.3, 0.4) is 0 Å². The van der Waals surface area contributed by atoms with E-state index in [4.69, 9.17) is 4.74 Å². The van der Waals surface area contributed by atoms with Crippen LogP contribution in [0.2, 0.25) is 0 Å². The average molecular weight is 280 g/mol. The van der Waals surface area contributed by atoms with Gasteiger partial charge in [0.1, 0.15) is 11.6 Å². The molecule has 0 radical (unpaired) electrons. The molecular weight excluding hydrogens is 259 g/mol. The van der Waals surface area contributed by atoms with E-state index >= 15 is 0 Å². The summed E-state index contributed by atoms with van der Waals surface area (Å²) in [6.45, 7) is 5.36. The molecule has 0 saturated carbocycles. The van der Waals surface area contributed by atoms with Gasteiger partial charge < -0.3 is 15.4 Å². The molecule has 110 valence electrons. The van der Waals surface area contributed by atoms with Crippen LogP contribution in [0.4, 0.5) is 10.1 Å². The first-order valence-electron chi connectivity index (χ1n) is 7.04. The van der Waals surface area contributed by atoms with Gasteiger partial charge in [0, 0.05) is 12.6 Å². The van der Waals surface area contributed by atoms with E-state index in [9.17, 15) is 9.18 Å². The van der Waals surface area contributed by atoms with Crippen molar-refractivity contribution in [2.24, 2.45) is 5.92 Å². The smallest absolute Gasteiger partial charge is 0.228 e. The minimum absolute atomic E-state index is 0.0110. The number of piperidine rings is 1. The zero-order valence-corrected chi connectivity index (χ0v) is 11.9. The number of rotatable bonds is 4. The summed E-state index contributed by atoms with van der Waals surface area (Å²) in [6, 6.07) is 4.51. The Morgan fingerprint density at radius 1 is 1.50 bits per heavy atom. The summed E-state index contributed by atoms with van der Waals surface area (Å²) in [5.74, 6) is -0.224. The molecule has 5 heteroatoms. The van der Waals surface area contributed by atoms with Gasteiger partial charge in [0.2, 0.25) is 5.91 Å². The molecule has 0 spiro atoms. The standard InChI is InChI=1S/C15H21FN2O2/c1-10(2)20-12-5-6-14(13(16)8-12)18-15(19)11-4-3-7-17-9-11/h5-6,8,10-11,17H,3-4,7,9H2,1-2H3,(H,18,19). The van der Waals surface area contributed by atoms with Crippen molar-refractivity contribution in [3.05, 3.63) is 24.0 Å². The third-order valence-electron chi connectivity index (χ3n) is 3.24. The Hall–Kier alpha value is -1.62. The Morgan fingerprint density at radius 2 is 2.30 bits per heavy atom. The van der Waals surface area contributed by atoms with Gasteiger partial charge >= 0.3 is 0 Å². The largest absolute Gasteiger partial charge is 0.491 e. The molecular formula is C15H21FN2O2. The second kappa shape index (κ2) is 6.70. The van der Waals surface area contributed by atoms with E-state index in [1.807, 2.05) is 13.8 Å². The molecule has 1 aliphatic rings. The van der Waals surface area contributed by atoms with Crippen LogP contribution in [0, 0.1) is 11.7 Å². The summed E-state index contributed by atoms with van der Waals surface area (Å²) in [4.78, 5) is 12.0. The van der Waals surface area contributed by atoms with Crippen molar-refractivity contribution in [2.75, 3.05) is 18.4 Å². The van der Waals surface area contributed by atoms with Gasteiger partial charge in [-0.05, 0) is 45.4 Å². The van der Waals surface area contributed by atoms with Crippen molar-refractivity contribution in [3.8, 4) is 5.75 Å². The molecule has 1 fully saturated rings. The Kier molecular flexibility index (Phi) is 4.95. The topological polar surface area (TPSA) is 50.4 Å². The predicted octanol–water partition coefficient (Wildman–Crippen LogP) is 2.55. The fraction of sp³-hybridized carbons (Fsp3) is 0.533. The second-order valence-corrected chi connectivity index (χ2v) is 5.34. The Labute approximate surface area is 118 Å². The molecule has 1 saturated heterocycles. The number of carbonyl (C=O) groups excluding carboxylic acids is 1. The van der Waals surface area contributed by atoms with Crippen LogP contribution in [0.1, 0.15) is 26.7 Å². The number of halogens is 1. The maximum atomic E-state index is 13.9. The zero-order valence-electron chi connectivity index (χ0n) is 11.9. The number of benzene rings is 1. The monoisotopic (exact) mass is 280 g/mol. The summed E-state index contributed by atoms with van der Waals surface area (Å²) in [5.41, 5.74) is 0.205. The molecule has 1 amide bonds. The van der Waals surface area contributed by atoms with E-state index in [1.165, 1.54) is 6.07 Å². The fourth-order valence-corrected chi connectivity index (χ4v) is 2.25. The highest BCUT2D eigenvalue weighted by Crippen LogP contribution is 2.22. The van der Waals surface area contributed by atoms with Gasteiger partial charge in [-0.25, -0.2) is 4.39 Å². The van der Waals surface area contributed by atoms with E-state index in [2.05, 4.69) is 10.6 Å².